The maximum absolute atomic E-state index is 13.3. The maximum Gasteiger partial charge on any atom is 0.300 e. The van der Waals surface area contributed by atoms with Crippen LogP contribution in [0, 0.1) is 0 Å². The molecule has 7 nitrogen and oxygen atoms in total. The summed E-state index contributed by atoms with van der Waals surface area (Å²) in [5.74, 6) is -0.852. The standard InChI is InChI=1S/C26H23ClN2O5/c1-3-33-18-9-7-17(8-10-18)29-23(16-6-5-13-28-15-16)22(25(31)26(29)32)24(30)20-14-19(34-4-2)11-12-21(20)27/h5-15,23,30H,3-4H2,1-2H3/b24-22+. The molecule has 0 radical (unpaired) electrons. The molecule has 1 aliphatic rings. The van der Waals surface area contributed by atoms with Crippen molar-refractivity contribution in [1.29, 1.82) is 0 Å². The van der Waals surface area contributed by atoms with E-state index in [2.05, 4.69) is 4.98 Å². The van der Waals surface area contributed by atoms with Crippen molar-refractivity contribution in [2.45, 2.75) is 19.9 Å². The second-order valence-electron chi connectivity index (χ2n) is 7.46. The number of aliphatic hydroxyl groups excluding tert-OH is 1. The van der Waals surface area contributed by atoms with Gasteiger partial charge < -0.3 is 14.6 Å². The number of Topliss-reactive ketones (excluding diaryl/α,β-unsaturated/α-hetero) is 1. The molecule has 174 valence electrons. The summed E-state index contributed by atoms with van der Waals surface area (Å²) in [6.45, 7) is 4.63. The van der Waals surface area contributed by atoms with E-state index >= 15 is 0 Å². The first-order valence-electron chi connectivity index (χ1n) is 10.8. The van der Waals surface area contributed by atoms with Gasteiger partial charge in [0.2, 0.25) is 0 Å². The van der Waals surface area contributed by atoms with Crippen LogP contribution < -0.4 is 14.4 Å². The Bertz CT molecular complexity index is 1240. The number of benzene rings is 2. The number of nitrogens with zero attached hydrogens (tertiary/aromatic N) is 2. The fraction of sp³-hybridized carbons (Fsp3) is 0.192. The fourth-order valence-corrected chi connectivity index (χ4v) is 4.12. The van der Waals surface area contributed by atoms with E-state index in [9.17, 15) is 14.7 Å². The summed E-state index contributed by atoms with van der Waals surface area (Å²) in [7, 11) is 0. The molecule has 0 saturated carbocycles. The van der Waals surface area contributed by atoms with Crippen LogP contribution in [0.4, 0.5) is 5.69 Å². The van der Waals surface area contributed by atoms with E-state index in [4.69, 9.17) is 21.1 Å². The van der Waals surface area contributed by atoms with Crippen molar-refractivity contribution in [2.24, 2.45) is 0 Å². The Morgan fingerprint density at radius 2 is 1.71 bits per heavy atom. The molecule has 1 atom stereocenters. The number of carbonyl (C=O) groups excluding carboxylic acids is 2. The summed E-state index contributed by atoms with van der Waals surface area (Å²) in [4.78, 5) is 32.0. The van der Waals surface area contributed by atoms with Gasteiger partial charge in [-0.2, -0.15) is 0 Å². The summed E-state index contributed by atoms with van der Waals surface area (Å²) >= 11 is 6.36. The van der Waals surface area contributed by atoms with Gasteiger partial charge in [-0.05, 0) is 67.9 Å². The zero-order chi connectivity index (χ0) is 24.2. The first-order chi connectivity index (χ1) is 16.5. The molecule has 1 unspecified atom stereocenters. The number of amides is 1. The van der Waals surface area contributed by atoms with Crippen molar-refractivity contribution in [3.63, 3.8) is 0 Å². The molecular weight excluding hydrogens is 456 g/mol. The van der Waals surface area contributed by atoms with E-state index in [0.29, 0.717) is 36.0 Å². The van der Waals surface area contributed by atoms with Crippen LogP contribution in [0.3, 0.4) is 0 Å². The summed E-state index contributed by atoms with van der Waals surface area (Å²) in [6, 6.07) is 14.2. The van der Waals surface area contributed by atoms with Gasteiger partial charge in [-0.15, -0.1) is 0 Å². The number of hydrogen-bond acceptors (Lipinski definition) is 6. The fourth-order valence-electron chi connectivity index (χ4n) is 3.91. The molecule has 1 amide bonds. The van der Waals surface area contributed by atoms with Crippen LogP contribution in [0.15, 0.2) is 72.6 Å². The number of pyridine rings is 1. The first kappa shape index (κ1) is 23.3. The zero-order valence-electron chi connectivity index (χ0n) is 18.7. The topological polar surface area (TPSA) is 89.0 Å². The summed E-state index contributed by atoms with van der Waals surface area (Å²) in [5, 5.41) is 11.5. The molecule has 0 aliphatic carbocycles. The second kappa shape index (κ2) is 9.97. The number of ketones is 1. The summed E-state index contributed by atoms with van der Waals surface area (Å²) < 4.78 is 11.0. The predicted octanol–water partition coefficient (Wildman–Crippen LogP) is 5.16. The van der Waals surface area contributed by atoms with Crippen molar-refractivity contribution < 1.29 is 24.2 Å². The highest BCUT2D eigenvalue weighted by Gasteiger charge is 2.47. The van der Waals surface area contributed by atoms with Crippen molar-refractivity contribution in [3.8, 4) is 11.5 Å². The molecule has 0 spiro atoms. The third-order valence-electron chi connectivity index (χ3n) is 5.37. The van der Waals surface area contributed by atoms with Crippen molar-refractivity contribution >= 4 is 34.7 Å². The lowest BCUT2D eigenvalue weighted by molar-refractivity contribution is -0.132. The van der Waals surface area contributed by atoms with Gasteiger partial charge >= 0.3 is 0 Å². The smallest absolute Gasteiger partial charge is 0.300 e. The van der Waals surface area contributed by atoms with Crippen LogP contribution in [0.1, 0.15) is 31.0 Å². The third kappa shape index (κ3) is 4.34. The van der Waals surface area contributed by atoms with Crippen molar-refractivity contribution in [1.82, 2.24) is 4.98 Å². The van der Waals surface area contributed by atoms with Crippen LogP contribution in [0.2, 0.25) is 5.02 Å². The monoisotopic (exact) mass is 478 g/mol. The molecule has 3 aromatic rings. The number of rotatable bonds is 7. The number of halogens is 1. The lowest BCUT2D eigenvalue weighted by Gasteiger charge is -2.25. The van der Waals surface area contributed by atoms with Gasteiger partial charge in [0.05, 0.1) is 29.9 Å². The number of aromatic nitrogens is 1. The molecule has 0 bridgehead atoms. The van der Waals surface area contributed by atoms with Gasteiger partial charge in [-0.1, -0.05) is 17.7 Å². The van der Waals surface area contributed by atoms with E-state index in [0.717, 1.165) is 0 Å². The highest BCUT2D eigenvalue weighted by molar-refractivity contribution is 6.52. The van der Waals surface area contributed by atoms with E-state index in [1.54, 1.807) is 67.0 Å². The van der Waals surface area contributed by atoms with Crippen LogP contribution in [0.25, 0.3) is 5.76 Å². The Morgan fingerprint density at radius 1 is 1.03 bits per heavy atom. The molecule has 1 aliphatic heterocycles. The molecule has 2 aromatic carbocycles. The molecule has 4 rings (SSSR count). The van der Waals surface area contributed by atoms with Gasteiger partial charge in [-0.3, -0.25) is 19.5 Å². The lowest BCUT2D eigenvalue weighted by atomic mass is 9.96. The van der Waals surface area contributed by atoms with E-state index in [-0.39, 0.29) is 21.9 Å². The van der Waals surface area contributed by atoms with Crippen molar-refractivity contribution in [3.05, 3.63) is 88.7 Å². The second-order valence-corrected chi connectivity index (χ2v) is 7.86. The minimum absolute atomic E-state index is 0.0811. The molecule has 1 fully saturated rings. The van der Waals surface area contributed by atoms with E-state index in [1.807, 2.05) is 13.8 Å². The van der Waals surface area contributed by atoms with Crippen LogP contribution in [0.5, 0.6) is 11.5 Å². The van der Waals surface area contributed by atoms with Gasteiger partial charge in [0.15, 0.2) is 0 Å². The number of aliphatic hydroxyl groups is 1. The van der Waals surface area contributed by atoms with E-state index in [1.165, 1.54) is 4.90 Å². The molecule has 1 aromatic heterocycles. The molecule has 1 saturated heterocycles. The minimum Gasteiger partial charge on any atom is -0.507 e. The lowest BCUT2D eigenvalue weighted by Crippen LogP contribution is -2.29. The largest absolute Gasteiger partial charge is 0.507 e. The first-order valence-corrected chi connectivity index (χ1v) is 11.2. The normalized spacial score (nSPS) is 17.1. The highest BCUT2D eigenvalue weighted by atomic mass is 35.5. The molecule has 2 heterocycles. The summed E-state index contributed by atoms with van der Waals surface area (Å²) in [6.07, 6.45) is 3.15. The maximum atomic E-state index is 13.3. The van der Waals surface area contributed by atoms with Gasteiger partial charge in [0.1, 0.15) is 17.3 Å². The average Bonchev–Trinajstić information content (AvgIpc) is 3.12. The van der Waals surface area contributed by atoms with E-state index < -0.39 is 17.7 Å². The number of ether oxygens (including phenoxy) is 2. The van der Waals surface area contributed by atoms with Crippen LogP contribution in [-0.4, -0.2) is 35.0 Å². The van der Waals surface area contributed by atoms with Crippen LogP contribution >= 0.6 is 11.6 Å². The van der Waals surface area contributed by atoms with Crippen molar-refractivity contribution in [2.75, 3.05) is 18.1 Å². The van der Waals surface area contributed by atoms with Gasteiger partial charge in [-0.25, -0.2) is 0 Å². The van der Waals surface area contributed by atoms with Crippen LogP contribution in [-0.2, 0) is 9.59 Å². The van der Waals surface area contributed by atoms with Gasteiger partial charge in [0, 0.05) is 23.6 Å². The Hall–Kier alpha value is -3.84. The highest BCUT2D eigenvalue weighted by Crippen LogP contribution is 2.43. The SMILES string of the molecule is CCOc1ccc(N2C(=O)C(=O)/C(=C(/O)c3cc(OCC)ccc3Cl)C2c2cccnc2)cc1. The molecule has 1 N–H and O–H groups in total. The van der Waals surface area contributed by atoms with Gasteiger partial charge in [0.25, 0.3) is 11.7 Å². The minimum atomic E-state index is -0.904. The Balaban J connectivity index is 1.89. The molecule has 34 heavy (non-hydrogen) atoms. The quantitative estimate of drug-likeness (QED) is 0.286. The Morgan fingerprint density at radius 3 is 2.35 bits per heavy atom. The Labute approximate surface area is 202 Å². The number of hydrogen-bond donors (Lipinski definition) is 1. The zero-order valence-corrected chi connectivity index (χ0v) is 19.5. The molecule has 8 heteroatoms. The third-order valence-corrected chi connectivity index (χ3v) is 5.70. The predicted molar refractivity (Wildman–Crippen MR) is 129 cm³/mol. The Kier molecular flexibility index (Phi) is 6.84. The number of carbonyl (C=O) groups is 2. The average molecular weight is 479 g/mol. The molecular formula is C26H23ClN2O5. The summed E-state index contributed by atoms with van der Waals surface area (Å²) in [5.41, 5.74) is 1.16. The number of anilines is 1.